The second-order valence-electron chi connectivity index (χ2n) is 6.80. The van der Waals surface area contributed by atoms with E-state index >= 15 is 0 Å². The predicted molar refractivity (Wildman–Crippen MR) is 108 cm³/mol. The lowest BCUT2D eigenvalue weighted by molar-refractivity contribution is 0.203. The number of hydrogen-bond donors (Lipinski definition) is 1. The Hall–Kier alpha value is -1.05. The van der Waals surface area contributed by atoms with E-state index in [1.165, 1.54) is 38.5 Å². The topological polar surface area (TPSA) is 49.8 Å². The van der Waals surface area contributed by atoms with Gasteiger partial charge in [0.05, 0.1) is 19.3 Å². The fourth-order valence-corrected chi connectivity index (χ4v) is 4.00. The Morgan fingerprint density at radius 2 is 2.08 bits per heavy atom. The van der Waals surface area contributed by atoms with Crippen molar-refractivity contribution < 1.29 is 4.74 Å². The van der Waals surface area contributed by atoms with Gasteiger partial charge in [-0.2, -0.15) is 0 Å². The Morgan fingerprint density at radius 1 is 1.29 bits per heavy atom. The molecule has 0 atom stereocenters. The van der Waals surface area contributed by atoms with E-state index in [4.69, 9.17) is 4.74 Å². The molecule has 1 aromatic rings. The van der Waals surface area contributed by atoms with Crippen LogP contribution in [0.3, 0.4) is 0 Å². The first-order valence-electron chi connectivity index (χ1n) is 8.70. The number of likely N-dealkylation sites (tertiary alicyclic amines) is 1. The lowest BCUT2D eigenvalue weighted by Crippen LogP contribution is -2.41. The molecule has 1 N–H and O–H groups in total. The first-order valence-corrected chi connectivity index (χ1v) is 8.70. The normalized spacial score (nSPS) is 19.9. The summed E-state index contributed by atoms with van der Waals surface area (Å²) in [4.78, 5) is 11.3. The van der Waals surface area contributed by atoms with Crippen LogP contribution in [0.4, 0.5) is 0 Å². The fourth-order valence-electron chi connectivity index (χ4n) is 4.00. The van der Waals surface area contributed by atoms with Gasteiger partial charge in [-0.15, -0.1) is 24.0 Å². The van der Waals surface area contributed by atoms with Crippen molar-refractivity contribution in [3.8, 4) is 5.88 Å². The number of nitrogens with one attached hydrogen (secondary N) is 1. The average Bonchev–Trinajstić information content (AvgIpc) is 2.99. The van der Waals surface area contributed by atoms with Gasteiger partial charge in [0.1, 0.15) is 0 Å². The van der Waals surface area contributed by atoms with Crippen molar-refractivity contribution in [2.75, 3.05) is 27.2 Å². The molecular formula is C18H29IN4O. The van der Waals surface area contributed by atoms with Crippen LogP contribution >= 0.6 is 24.0 Å². The molecule has 2 fully saturated rings. The summed E-state index contributed by atoms with van der Waals surface area (Å²) in [7, 11) is 3.51. The quantitative estimate of drug-likeness (QED) is 0.441. The molecular weight excluding hydrogens is 415 g/mol. The number of rotatable bonds is 3. The second-order valence-corrected chi connectivity index (χ2v) is 6.80. The van der Waals surface area contributed by atoms with Crippen LogP contribution < -0.4 is 10.1 Å². The van der Waals surface area contributed by atoms with E-state index in [9.17, 15) is 0 Å². The largest absolute Gasteiger partial charge is 0.481 e. The molecule has 0 amide bonds. The average molecular weight is 444 g/mol. The minimum Gasteiger partial charge on any atom is -0.481 e. The molecule has 1 aromatic heterocycles. The first-order chi connectivity index (χ1) is 11.2. The monoisotopic (exact) mass is 444 g/mol. The number of methoxy groups -OCH3 is 1. The van der Waals surface area contributed by atoms with Gasteiger partial charge in [0, 0.05) is 26.2 Å². The standard InChI is InChI=1S/C18H28N4O.HI/c1-19-17(20-13-15-7-6-8-16(21-15)23-2)22-12-11-18(14-22)9-4-3-5-10-18;/h6-8H,3-5,9-14H2,1-2H3,(H,19,20);1H. The molecule has 1 saturated carbocycles. The summed E-state index contributed by atoms with van der Waals surface area (Å²) in [6.45, 7) is 2.94. The summed E-state index contributed by atoms with van der Waals surface area (Å²) in [5.74, 6) is 1.65. The summed E-state index contributed by atoms with van der Waals surface area (Å²) in [5.41, 5.74) is 1.52. The highest BCUT2D eigenvalue weighted by molar-refractivity contribution is 14.0. The van der Waals surface area contributed by atoms with Crippen LogP contribution in [0.2, 0.25) is 0 Å². The molecule has 2 heterocycles. The van der Waals surface area contributed by atoms with Crippen LogP contribution in [0.15, 0.2) is 23.2 Å². The van der Waals surface area contributed by atoms with Gasteiger partial charge in [0.15, 0.2) is 5.96 Å². The van der Waals surface area contributed by atoms with Gasteiger partial charge in [0.2, 0.25) is 5.88 Å². The second kappa shape index (κ2) is 8.87. The van der Waals surface area contributed by atoms with Gasteiger partial charge in [0.25, 0.3) is 0 Å². The van der Waals surface area contributed by atoms with Gasteiger partial charge in [-0.05, 0) is 30.7 Å². The van der Waals surface area contributed by atoms with Crippen molar-refractivity contribution in [2.24, 2.45) is 10.4 Å². The highest BCUT2D eigenvalue weighted by Crippen LogP contribution is 2.43. The molecule has 6 heteroatoms. The number of aliphatic imine (C=N–C) groups is 1. The molecule has 1 aliphatic heterocycles. The Labute approximate surface area is 162 Å². The number of nitrogens with zero attached hydrogens (tertiary/aromatic N) is 3. The van der Waals surface area contributed by atoms with E-state index in [-0.39, 0.29) is 24.0 Å². The molecule has 3 rings (SSSR count). The molecule has 0 radical (unpaired) electrons. The summed E-state index contributed by atoms with van der Waals surface area (Å²) < 4.78 is 5.18. The van der Waals surface area contributed by atoms with E-state index in [1.807, 2.05) is 25.2 Å². The van der Waals surface area contributed by atoms with Crippen LogP contribution in [0.5, 0.6) is 5.88 Å². The van der Waals surface area contributed by atoms with Crippen LogP contribution in [-0.4, -0.2) is 43.1 Å². The summed E-state index contributed by atoms with van der Waals surface area (Å²) >= 11 is 0. The Morgan fingerprint density at radius 3 is 2.79 bits per heavy atom. The zero-order chi connectivity index (χ0) is 16.1. The molecule has 5 nitrogen and oxygen atoms in total. The summed E-state index contributed by atoms with van der Waals surface area (Å²) in [6.07, 6.45) is 8.29. The number of guanidine groups is 1. The fraction of sp³-hybridized carbons (Fsp3) is 0.667. The maximum absolute atomic E-state index is 5.18. The summed E-state index contributed by atoms with van der Waals surface area (Å²) in [6, 6.07) is 5.85. The number of hydrogen-bond acceptors (Lipinski definition) is 3. The number of aromatic nitrogens is 1. The lowest BCUT2D eigenvalue weighted by Gasteiger charge is -2.33. The molecule has 134 valence electrons. The third kappa shape index (κ3) is 4.52. The van der Waals surface area contributed by atoms with Crippen molar-refractivity contribution in [3.63, 3.8) is 0 Å². The van der Waals surface area contributed by atoms with Gasteiger partial charge < -0.3 is 15.0 Å². The SMILES string of the molecule is CN=C(NCc1cccc(OC)n1)N1CCC2(CCCCC2)C1.I. The molecule has 1 aliphatic carbocycles. The minimum absolute atomic E-state index is 0. The highest BCUT2D eigenvalue weighted by Gasteiger charge is 2.39. The van der Waals surface area contributed by atoms with Gasteiger partial charge in [-0.3, -0.25) is 4.99 Å². The number of halogens is 1. The number of ether oxygens (including phenoxy) is 1. The molecule has 24 heavy (non-hydrogen) atoms. The lowest BCUT2D eigenvalue weighted by atomic mass is 9.73. The van der Waals surface area contributed by atoms with Crippen molar-refractivity contribution in [2.45, 2.75) is 45.1 Å². The van der Waals surface area contributed by atoms with E-state index in [2.05, 4.69) is 20.2 Å². The molecule has 2 aliphatic rings. The van der Waals surface area contributed by atoms with Crippen molar-refractivity contribution >= 4 is 29.9 Å². The maximum atomic E-state index is 5.18. The van der Waals surface area contributed by atoms with Crippen molar-refractivity contribution in [1.29, 1.82) is 0 Å². The van der Waals surface area contributed by atoms with Crippen LogP contribution in [0, 0.1) is 5.41 Å². The Kier molecular flexibility index (Phi) is 7.13. The first kappa shape index (κ1) is 19.3. The Bertz CT molecular complexity index is 558. The molecule has 0 unspecified atom stereocenters. The van der Waals surface area contributed by atoms with E-state index in [0.29, 0.717) is 17.8 Å². The number of pyridine rings is 1. The van der Waals surface area contributed by atoms with E-state index < -0.39 is 0 Å². The summed E-state index contributed by atoms with van der Waals surface area (Å²) in [5, 5.41) is 3.46. The van der Waals surface area contributed by atoms with Crippen LogP contribution in [0.25, 0.3) is 0 Å². The van der Waals surface area contributed by atoms with E-state index in [1.54, 1.807) is 7.11 Å². The maximum Gasteiger partial charge on any atom is 0.213 e. The van der Waals surface area contributed by atoms with Crippen LogP contribution in [0.1, 0.15) is 44.2 Å². The third-order valence-electron chi connectivity index (χ3n) is 5.28. The molecule has 0 bridgehead atoms. The predicted octanol–water partition coefficient (Wildman–Crippen LogP) is 3.44. The zero-order valence-electron chi connectivity index (χ0n) is 14.8. The molecule has 0 aromatic carbocycles. The van der Waals surface area contributed by atoms with Gasteiger partial charge in [-0.1, -0.05) is 25.3 Å². The van der Waals surface area contributed by atoms with Crippen LogP contribution in [-0.2, 0) is 6.54 Å². The zero-order valence-corrected chi connectivity index (χ0v) is 17.1. The Balaban J connectivity index is 0.00000208. The molecule has 1 spiro atoms. The minimum atomic E-state index is 0. The van der Waals surface area contributed by atoms with Gasteiger partial charge >= 0.3 is 0 Å². The van der Waals surface area contributed by atoms with Crippen molar-refractivity contribution in [3.05, 3.63) is 23.9 Å². The third-order valence-corrected chi connectivity index (χ3v) is 5.28. The highest BCUT2D eigenvalue weighted by atomic mass is 127. The molecule has 1 saturated heterocycles. The van der Waals surface area contributed by atoms with Crippen molar-refractivity contribution in [1.82, 2.24) is 15.2 Å². The van der Waals surface area contributed by atoms with Gasteiger partial charge in [-0.25, -0.2) is 4.98 Å². The van der Waals surface area contributed by atoms with E-state index in [0.717, 1.165) is 24.7 Å². The smallest absolute Gasteiger partial charge is 0.213 e.